The molecule has 0 atom stereocenters. The van der Waals surface area contributed by atoms with Crippen LogP contribution in [-0.4, -0.2) is 30.1 Å². The normalized spacial score (nSPS) is 11.3. The molecule has 1 amide bonds. The van der Waals surface area contributed by atoms with Gasteiger partial charge in [-0.05, 0) is 23.6 Å². The molecule has 8 nitrogen and oxygen atoms in total. The molecule has 4 aromatic heterocycles. The van der Waals surface area contributed by atoms with Crippen LogP contribution in [0.2, 0.25) is 0 Å². The summed E-state index contributed by atoms with van der Waals surface area (Å²) in [5.74, 6) is 0.417. The summed E-state index contributed by atoms with van der Waals surface area (Å²) in [6.07, 6.45) is 2.27. The third-order valence-electron chi connectivity index (χ3n) is 4.09. The molecule has 0 aliphatic heterocycles. The van der Waals surface area contributed by atoms with Crippen molar-refractivity contribution in [1.82, 2.24) is 29.5 Å². The Bertz CT molecular complexity index is 1150. The number of thiophene rings is 1. The Hall–Kier alpha value is -3.07. The van der Waals surface area contributed by atoms with Gasteiger partial charge in [-0.2, -0.15) is 0 Å². The third kappa shape index (κ3) is 2.76. The summed E-state index contributed by atoms with van der Waals surface area (Å²) < 4.78 is 3.06. The van der Waals surface area contributed by atoms with Crippen LogP contribution in [0.3, 0.4) is 0 Å². The van der Waals surface area contributed by atoms with E-state index in [1.165, 1.54) is 4.57 Å². The minimum Gasteiger partial charge on any atom is -0.350 e. The zero-order valence-electron chi connectivity index (χ0n) is 14.0. The molecule has 1 N–H and O–H groups in total. The van der Waals surface area contributed by atoms with Crippen molar-refractivity contribution in [2.45, 2.75) is 26.4 Å². The van der Waals surface area contributed by atoms with E-state index in [0.29, 0.717) is 30.0 Å². The Morgan fingerprint density at radius 1 is 1.23 bits per heavy atom. The summed E-state index contributed by atoms with van der Waals surface area (Å²) in [7, 11) is 0. The second-order valence-electron chi connectivity index (χ2n) is 5.72. The largest absolute Gasteiger partial charge is 0.350 e. The minimum absolute atomic E-state index is 0.1000. The van der Waals surface area contributed by atoms with Crippen LogP contribution in [0.1, 0.15) is 17.6 Å². The van der Waals surface area contributed by atoms with E-state index in [4.69, 9.17) is 0 Å². The van der Waals surface area contributed by atoms with Gasteiger partial charge in [0.2, 0.25) is 11.6 Å². The Balaban J connectivity index is 1.75. The average Bonchev–Trinajstić information content (AvgIpc) is 3.32. The molecule has 4 heterocycles. The maximum absolute atomic E-state index is 12.9. The number of hydrogen-bond donors (Lipinski definition) is 1. The number of nitrogens with zero attached hydrogens (tertiary/aromatic N) is 5. The van der Waals surface area contributed by atoms with Crippen molar-refractivity contribution in [2.24, 2.45) is 0 Å². The molecule has 0 radical (unpaired) electrons. The standard InChI is InChI=1S/C17H16N6O2S/c1-2-13-20-21-16-17(25)22(12-6-3-7-18-15(12)23(13)16)10-14(24)19-9-11-5-4-8-26-11/h3-8H,2,9-10H2,1H3,(H,19,24). The highest BCUT2D eigenvalue weighted by Crippen LogP contribution is 2.13. The van der Waals surface area contributed by atoms with Crippen LogP contribution in [0, 0.1) is 0 Å². The Kier molecular flexibility index (Phi) is 4.21. The first-order valence-corrected chi connectivity index (χ1v) is 9.07. The molecule has 0 fully saturated rings. The molecule has 0 bridgehead atoms. The molecule has 9 heteroatoms. The smallest absolute Gasteiger partial charge is 0.297 e. The van der Waals surface area contributed by atoms with E-state index < -0.39 is 0 Å². The van der Waals surface area contributed by atoms with Gasteiger partial charge in [0.25, 0.3) is 5.56 Å². The summed E-state index contributed by atoms with van der Waals surface area (Å²) in [5.41, 5.74) is 0.962. The molecule has 0 aliphatic rings. The number of amides is 1. The number of fused-ring (bicyclic) bond motifs is 3. The number of rotatable bonds is 5. The van der Waals surface area contributed by atoms with E-state index in [0.717, 1.165) is 4.88 Å². The van der Waals surface area contributed by atoms with Gasteiger partial charge in [-0.3, -0.25) is 18.6 Å². The maximum Gasteiger partial charge on any atom is 0.297 e. The first-order chi connectivity index (χ1) is 12.7. The maximum atomic E-state index is 12.9. The SMILES string of the molecule is CCc1nnc2c(=O)n(CC(=O)NCc3cccs3)c3cccnc3n12. The molecular weight excluding hydrogens is 352 g/mol. The van der Waals surface area contributed by atoms with Gasteiger partial charge in [-0.25, -0.2) is 4.98 Å². The van der Waals surface area contributed by atoms with Crippen LogP contribution >= 0.6 is 11.3 Å². The summed E-state index contributed by atoms with van der Waals surface area (Å²) in [4.78, 5) is 30.7. The fraction of sp³-hybridized carbons (Fsp3) is 0.235. The molecule has 0 aliphatic carbocycles. The third-order valence-corrected chi connectivity index (χ3v) is 4.97. The fourth-order valence-electron chi connectivity index (χ4n) is 2.86. The molecule has 0 aromatic carbocycles. The second-order valence-corrected chi connectivity index (χ2v) is 6.75. The van der Waals surface area contributed by atoms with E-state index >= 15 is 0 Å². The highest BCUT2D eigenvalue weighted by atomic mass is 32.1. The predicted molar refractivity (Wildman–Crippen MR) is 98.1 cm³/mol. The van der Waals surface area contributed by atoms with Crippen LogP contribution < -0.4 is 10.9 Å². The number of carbonyl (C=O) groups is 1. The van der Waals surface area contributed by atoms with Gasteiger partial charge < -0.3 is 5.32 Å². The zero-order chi connectivity index (χ0) is 18.1. The number of hydrogen-bond acceptors (Lipinski definition) is 6. The van der Waals surface area contributed by atoms with E-state index in [2.05, 4.69) is 20.5 Å². The van der Waals surface area contributed by atoms with Gasteiger partial charge in [0.1, 0.15) is 12.4 Å². The molecule has 0 unspecified atom stereocenters. The van der Waals surface area contributed by atoms with Crippen molar-refractivity contribution in [3.05, 3.63) is 56.9 Å². The summed E-state index contributed by atoms with van der Waals surface area (Å²) >= 11 is 1.57. The van der Waals surface area contributed by atoms with Gasteiger partial charge in [-0.1, -0.05) is 13.0 Å². The lowest BCUT2D eigenvalue weighted by Gasteiger charge is -2.11. The lowest BCUT2D eigenvalue weighted by atomic mass is 10.3. The van der Waals surface area contributed by atoms with Gasteiger partial charge in [0, 0.05) is 17.5 Å². The molecular formula is C17H16N6O2S. The van der Waals surface area contributed by atoms with Crippen molar-refractivity contribution in [1.29, 1.82) is 0 Å². The van der Waals surface area contributed by atoms with Crippen molar-refractivity contribution >= 4 is 34.1 Å². The highest BCUT2D eigenvalue weighted by molar-refractivity contribution is 7.09. The summed E-state index contributed by atoms with van der Waals surface area (Å²) in [6.45, 7) is 2.28. The Morgan fingerprint density at radius 2 is 2.12 bits per heavy atom. The first-order valence-electron chi connectivity index (χ1n) is 8.19. The van der Waals surface area contributed by atoms with Crippen molar-refractivity contribution in [3.63, 3.8) is 0 Å². The topological polar surface area (TPSA) is 94.2 Å². The zero-order valence-corrected chi connectivity index (χ0v) is 14.9. The van der Waals surface area contributed by atoms with Crippen LogP contribution in [0.15, 0.2) is 40.6 Å². The van der Waals surface area contributed by atoms with Crippen LogP contribution in [0.4, 0.5) is 0 Å². The molecule has 0 spiro atoms. The number of pyridine rings is 1. The quantitative estimate of drug-likeness (QED) is 0.574. The molecule has 4 aromatic rings. The second kappa shape index (κ2) is 6.68. The molecule has 0 saturated carbocycles. The number of aromatic nitrogens is 5. The molecule has 4 rings (SSSR count). The first kappa shape index (κ1) is 16.4. The summed E-state index contributed by atoms with van der Waals surface area (Å²) in [6, 6.07) is 7.39. The van der Waals surface area contributed by atoms with Crippen molar-refractivity contribution in [3.8, 4) is 0 Å². The van der Waals surface area contributed by atoms with Gasteiger partial charge in [0.05, 0.1) is 12.1 Å². The van der Waals surface area contributed by atoms with E-state index in [1.54, 1.807) is 34.1 Å². The number of carbonyl (C=O) groups excluding carboxylic acids is 1. The van der Waals surface area contributed by atoms with Crippen LogP contribution in [0.25, 0.3) is 16.8 Å². The fourth-order valence-corrected chi connectivity index (χ4v) is 3.51. The van der Waals surface area contributed by atoms with E-state index in [-0.39, 0.29) is 23.7 Å². The number of aryl methyl sites for hydroxylation is 1. The lowest BCUT2D eigenvalue weighted by molar-refractivity contribution is -0.121. The predicted octanol–water partition coefficient (Wildman–Crippen LogP) is 1.38. The Morgan fingerprint density at radius 3 is 2.88 bits per heavy atom. The van der Waals surface area contributed by atoms with Crippen LogP contribution in [-0.2, 0) is 24.3 Å². The highest BCUT2D eigenvalue weighted by Gasteiger charge is 2.17. The monoisotopic (exact) mass is 368 g/mol. The average molecular weight is 368 g/mol. The lowest BCUT2D eigenvalue weighted by Crippen LogP contribution is -2.33. The minimum atomic E-state index is -0.357. The Labute approximate surface area is 152 Å². The van der Waals surface area contributed by atoms with E-state index in [1.807, 2.05) is 24.4 Å². The van der Waals surface area contributed by atoms with E-state index in [9.17, 15) is 9.59 Å². The van der Waals surface area contributed by atoms with Crippen LogP contribution in [0.5, 0.6) is 0 Å². The van der Waals surface area contributed by atoms with Crippen molar-refractivity contribution in [2.75, 3.05) is 0 Å². The molecule has 132 valence electrons. The summed E-state index contributed by atoms with van der Waals surface area (Å²) in [5, 5.41) is 12.9. The molecule has 26 heavy (non-hydrogen) atoms. The van der Waals surface area contributed by atoms with Gasteiger partial charge in [-0.15, -0.1) is 21.5 Å². The number of nitrogens with one attached hydrogen (secondary N) is 1. The van der Waals surface area contributed by atoms with Gasteiger partial charge >= 0.3 is 0 Å². The van der Waals surface area contributed by atoms with Gasteiger partial charge in [0.15, 0.2) is 5.65 Å². The van der Waals surface area contributed by atoms with Crippen molar-refractivity contribution < 1.29 is 4.79 Å². The molecule has 0 saturated heterocycles.